The zero-order valence-corrected chi connectivity index (χ0v) is 11.7. The quantitative estimate of drug-likeness (QED) is 0.913. The lowest BCUT2D eigenvalue weighted by Gasteiger charge is -2.10. The van der Waals surface area contributed by atoms with Gasteiger partial charge >= 0.3 is 0 Å². The van der Waals surface area contributed by atoms with Crippen LogP contribution in [-0.4, -0.2) is 19.6 Å². The number of benzene rings is 1. The summed E-state index contributed by atoms with van der Waals surface area (Å²) in [6, 6.07) is 8.09. The predicted molar refractivity (Wildman–Crippen MR) is 77.1 cm³/mol. The van der Waals surface area contributed by atoms with Crippen LogP contribution in [0.15, 0.2) is 45.8 Å². The summed E-state index contributed by atoms with van der Waals surface area (Å²) in [5.41, 5.74) is 0.0785. The highest BCUT2D eigenvalue weighted by atomic mass is 16.5. The van der Waals surface area contributed by atoms with Gasteiger partial charge in [-0.05, 0) is 19.1 Å². The van der Waals surface area contributed by atoms with Crippen molar-refractivity contribution in [1.82, 2.24) is 0 Å². The molecule has 21 heavy (non-hydrogen) atoms. The van der Waals surface area contributed by atoms with Crippen LogP contribution in [0.25, 0.3) is 0 Å². The number of methoxy groups -OCH3 is 1. The number of nitrogens with one attached hydrogen (secondary N) is 1. The molecule has 110 valence electrons. The van der Waals surface area contributed by atoms with Crippen molar-refractivity contribution in [2.24, 2.45) is 0 Å². The Balaban J connectivity index is 2.22. The highest BCUT2D eigenvalue weighted by molar-refractivity contribution is 6.03. The second kappa shape index (κ2) is 6.60. The molecule has 1 aromatic heterocycles. The third-order valence-electron chi connectivity index (χ3n) is 2.68. The first-order valence-electron chi connectivity index (χ1n) is 6.35. The first kappa shape index (κ1) is 14.6. The van der Waals surface area contributed by atoms with Crippen molar-refractivity contribution < 1.29 is 18.7 Å². The van der Waals surface area contributed by atoms with E-state index in [9.17, 15) is 9.59 Å². The average Bonchev–Trinajstić information content (AvgIpc) is 2.49. The van der Waals surface area contributed by atoms with Gasteiger partial charge in [0.1, 0.15) is 12.0 Å². The molecule has 1 aromatic carbocycles. The molecule has 0 aliphatic carbocycles. The summed E-state index contributed by atoms with van der Waals surface area (Å²) in [5, 5.41) is 2.64. The van der Waals surface area contributed by atoms with E-state index in [1.165, 1.54) is 7.11 Å². The van der Waals surface area contributed by atoms with E-state index in [1.54, 1.807) is 24.3 Å². The molecular weight excluding hydrogens is 274 g/mol. The van der Waals surface area contributed by atoms with Crippen molar-refractivity contribution in [2.45, 2.75) is 6.92 Å². The second-order valence-electron chi connectivity index (χ2n) is 4.06. The van der Waals surface area contributed by atoms with Crippen molar-refractivity contribution in [3.05, 3.63) is 52.6 Å². The van der Waals surface area contributed by atoms with Crippen LogP contribution in [0.1, 0.15) is 17.5 Å². The minimum atomic E-state index is -0.540. The molecule has 6 nitrogen and oxygen atoms in total. The Hall–Kier alpha value is -2.76. The lowest BCUT2D eigenvalue weighted by molar-refractivity contribution is 0.0993. The van der Waals surface area contributed by atoms with E-state index in [4.69, 9.17) is 13.9 Å². The lowest BCUT2D eigenvalue weighted by Crippen LogP contribution is -2.16. The minimum absolute atomic E-state index is 0.0428. The third kappa shape index (κ3) is 3.42. The van der Waals surface area contributed by atoms with E-state index < -0.39 is 11.3 Å². The number of amides is 1. The van der Waals surface area contributed by atoms with Crippen molar-refractivity contribution in [3.63, 3.8) is 0 Å². The molecule has 0 unspecified atom stereocenters. The number of ether oxygens (including phenoxy) is 2. The van der Waals surface area contributed by atoms with E-state index in [0.29, 0.717) is 18.0 Å². The van der Waals surface area contributed by atoms with Crippen molar-refractivity contribution >= 4 is 11.6 Å². The van der Waals surface area contributed by atoms with E-state index in [0.717, 1.165) is 12.3 Å². The van der Waals surface area contributed by atoms with Crippen LogP contribution in [0.3, 0.4) is 0 Å². The first-order valence-corrected chi connectivity index (χ1v) is 6.35. The van der Waals surface area contributed by atoms with Gasteiger partial charge in [0.15, 0.2) is 5.76 Å². The molecule has 1 N–H and O–H groups in total. The summed E-state index contributed by atoms with van der Waals surface area (Å²) in [5.74, 6) is -0.0560. The normalized spacial score (nSPS) is 10.0. The average molecular weight is 289 g/mol. The molecule has 0 saturated carbocycles. The van der Waals surface area contributed by atoms with Gasteiger partial charge in [-0.3, -0.25) is 9.59 Å². The summed E-state index contributed by atoms with van der Waals surface area (Å²) in [7, 11) is 1.35. The molecule has 0 saturated heterocycles. The number of rotatable bonds is 5. The van der Waals surface area contributed by atoms with Gasteiger partial charge in [0.05, 0.1) is 19.4 Å². The van der Waals surface area contributed by atoms with Gasteiger partial charge in [-0.15, -0.1) is 0 Å². The number of hydrogen-bond acceptors (Lipinski definition) is 5. The Bertz CT molecular complexity index is 692. The van der Waals surface area contributed by atoms with Crippen molar-refractivity contribution in [2.75, 3.05) is 19.0 Å². The van der Waals surface area contributed by atoms with E-state index in [1.807, 2.05) is 6.92 Å². The summed E-state index contributed by atoms with van der Waals surface area (Å²) in [4.78, 5) is 23.7. The second-order valence-corrected chi connectivity index (χ2v) is 4.06. The fraction of sp³-hybridized carbons (Fsp3) is 0.200. The number of hydrogen-bond donors (Lipinski definition) is 1. The van der Waals surface area contributed by atoms with Crippen LogP contribution in [0.5, 0.6) is 11.5 Å². The Kier molecular flexibility index (Phi) is 4.61. The molecule has 0 fully saturated rings. The van der Waals surface area contributed by atoms with E-state index in [-0.39, 0.29) is 11.5 Å². The summed E-state index contributed by atoms with van der Waals surface area (Å²) < 4.78 is 15.3. The lowest BCUT2D eigenvalue weighted by atomic mass is 10.2. The zero-order valence-electron chi connectivity index (χ0n) is 11.7. The van der Waals surface area contributed by atoms with Crippen LogP contribution in [0, 0.1) is 0 Å². The molecular formula is C15H15NO5. The number of para-hydroxylation sites is 2. The monoisotopic (exact) mass is 289 g/mol. The van der Waals surface area contributed by atoms with Gasteiger partial charge in [-0.1, -0.05) is 12.1 Å². The van der Waals surface area contributed by atoms with Gasteiger partial charge < -0.3 is 19.2 Å². The zero-order chi connectivity index (χ0) is 15.2. The molecule has 0 atom stereocenters. The largest absolute Gasteiger partial charge is 0.492 e. The molecule has 1 heterocycles. The highest BCUT2D eigenvalue weighted by Gasteiger charge is 2.14. The standard InChI is InChI=1S/C15H15NO5/c1-3-20-12-7-5-4-6-10(12)16-15(18)13-8-11(17)14(19-2)9-21-13/h4-9H,3H2,1-2H3,(H,16,18). The Morgan fingerprint density at radius 2 is 2.05 bits per heavy atom. The van der Waals surface area contributed by atoms with Gasteiger partial charge in [-0.2, -0.15) is 0 Å². The van der Waals surface area contributed by atoms with Gasteiger partial charge in [-0.25, -0.2) is 0 Å². The maximum Gasteiger partial charge on any atom is 0.291 e. The minimum Gasteiger partial charge on any atom is -0.492 e. The van der Waals surface area contributed by atoms with Gasteiger partial charge in [0.25, 0.3) is 5.91 Å². The van der Waals surface area contributed by atoms with E-state index in [2.05, 4.69) is 5.32 Å². The van der Waals surface area contributed by atoms with Crippen LogP contribution in [-0.2, 0) is 0 Å². The molecule has 2 aromatic rings. The smallest absolute Gasteiger partial charge is 0.291 e. The molecule has 2 rings (SSSR count). The Labute approximate surface area is 121 Å². The maximum atomic E-state index is 12.1. The molecule has 0 aliphatic rings. The van der Waals surface area contributed by atoms with Crippen LogP contribution in [0.2, 0.25) is 0 Å². The Morgan fingerprint density at radius 3 is 2.71 bits per heavy atom. The predicted octanol–water partition coefficient (Wildman–Crippen LogP) is 2.30. The fourth-order valence-corrected chi connectivity index (χ4v) is 1.70. The van der Waals surface area contributed by atoms with Crippen LogP contribution >= 0.6 is 0 Å². The summed E-state index contributed by atoms with van der Waals surface area (Å²) in [6.45, 7) is 2.33. The van der Waals surface area contributed by atoms with E-state index >= 15 is 0 Å². The maximum absolute atomic E-state index is 12.1. The van der Waals surface area contributed by atoms with Gasteiger partial charge in [0, 0.05) is 6.07 Å². The third-order valence-corrected chi connectivity index (χ3v) is 2.68. The molecule has 0 spiro atoms. The number of carbonyl (C=O) groups is 1. The molecule has 0 bridgehead atoms. The molecule has 0 radical (unpaired) electrons. The fourth-order valence-electron chi connectivity index (χ4n) is 1.70. The SMILES string of the molecule is CCOc1ccccc1NC(=O)c1cc(=O)c(OC)co1. The molecule has 1 amide bonds. The Morgan fingerprint density at radius 1 is 1.29 bits per heavy atom. The molecule has 0 aliphatic heterocycles. The molecule has 6 heteroatoms. The highest BCUT2D eigenvalue weighted by Crippen LogP contribution is 2.24. The van der Waals surface area contributed by atoms with Gasteiger partial charge in [0.2, 0.25) is 11.2 Å². The number of carbonyl (C=O) groups excluding carboxylic acids is 1. The number of anilines is 1. The van der Waals surface area contributed by atoms with Crippen LogP contribution in [0.4, 0.5) is 5.69 Å². The topological polar surface area (TPSA) is 77.8 Å². The van der Waals surface area contributed by atoms with Crippen molar-refractivity contribution in [3.8, 4) is 11.5 Å². The van der Waals surface area contributed by atoms with Crippen molar-refractivity contribution in [1.29, 1.82) is 0 Å². The summed E-state index contributed by atoms with van der Waals surface area (Å²) in [6.07, 6.45) is 1.10. The first-order chi connectivity index (χ1) is 10.2. The van der Waals surface area contributed by atoms with Crippen LogP contribution < -0.4 is 20.2 Å². The summed E-state index contributed by atoms with van der Waals surface area (Å²) >= 11 is 0.